The lowest BCUT2D eigenvalue weighted by atomic mass is 10.2. The summed E-state index contributed by atoms with van der Waals surface area (Å²) in [5.74, 6) is 0.266. The second-order valence-corrected chi connectivity index (χ2v) is 10.5. The van der Waals surface area contributed by atoms with Crippen LogP contribution in [0.3, 0.4) is 0 Å². The Hall–Kier alpha value is -1.61. The highest BCUT2D eigenvalue weighted by Gasteiger charge is 2.37. The van der Waals surface area contributed by atoms with Gasteiger partial charge in [0.25, 0.3) is 0 Å². The summed E-state index contributed by atoms with van der Waals surface area (Å²) in [5.41, 5.74) is 0.676. The van der Waals surface area contributed by atoms with Crippen LogP contribution in [0.25, 0.3) is 6.08 Å². The van der Waals surface area contributed by atoms with E-state index in [1.165, 1.54) is 16.6 Å². The quantitative estimate of drug-likeness (QED) is 0.724. The standard InChI is InChI=1S/C17H18ClNO5S2/c18-15-5-3-14(4-6-15)7-11-26(22,23)19(12-17-2-1-9-24-17)16-8-10-25(20,21)13-16/h1-7,9,11,16H,8,10,12-13H2/b11-7+/t16-/m1/s1. The smallest absolute Gasteiger partial charge is 0.236 e. The van der Waals surface area contributed by atoms with E-state index >= 15 is 0 Å². The third-order valence-electron chi connectivity index (χ3n) is 4.14. The Labute approximate surface area is 158 Å². The van der Waals surface area contributed by atoms with Crippen molar-refractivity contribution in [3.8, 4) is 0 Å². The van der Waals surface area contributed by atoms with Gasteiger partial charge in [-0.3, -0.25) is 0 Å². The third kappa shape index (κ3) is 4.76. The van der Waals surface area contributed by atoms with E-state index in [9.17, 15) is 16.8 Å². The summed E-state index contributed by atoms with van der Waals surface area (Å²) >= 11 is 5.83. The minimum Gasteiger partial charge on any atom is -0.468 e. The van der Waals surface area contributed by atoms with Crippen molar-refractivity contribution in [3.63, 3.8) is 0 Å². The number of hydrogen-bond acceptors (Lipinski definition) is 5. The average Bonchev–Trinajstić information content (AvgIpc) is 3.21. The van der Waals surface area contributed by atoms with Crippen molar-refractivity contribution in [2.45, 2.75) is 19.0 Å². The zero-order valence-electron chi connectivity index (χ0n) is 13.8. The second-order valence-electron chi connectivity index (χ2n) is 6.08. The molecule has 0 N–H and O–H groups in total. The highest BCUT2D eigenvalue weighted by Crippen LogP contribution is 2.24. The van der Waals surface area contributed by atoms with Crippen LogP contribution < -0.4 is 0 Å². The van der Waals surface area contributed by atoms with E-state index in [2.05, 4.69) is 0 Å². The summed E-state index contributed by atoms with van der Waals surface area (Å²) in [7, 11) is -7.07. The molecule has 2 aromatic rings. The number of halogens is 1. The van der Waals surface area contributed by atoms with Gasteiger partial charge < -0.3 is 4.42 Å². The van der Waals surface area contributed by atoms with Gasteiger partial charge in [-0.2, -0.15) is 4.31 Å². The molecule has 1 aliphatic heterocycles. The van der Waals surface area contributed by atoms with Crippen molar-refractivity contribution in [2.75, 3.05) is 11.5 Å². The van der Waals surface area contributed by atoms with Crippen LogP contribution in [-0.2, 0) is 26.4 Å². The number of sulfonamides is 1. The van der Waals surface area contributed by atoms with Gasteiger partial charge in [-0.1, -0.05) is 23.7 Å². The van der Waals surface area contributed by atoms with Crippen molar-refractivity contribution in [2.24, 2.45) is 0 Å². The number of benzene rings is 1. The number of nitrogens with zero attached hydrogens (tertiary/aromatic N) is 1. The largest absolute Gasteiger partial charge is 0.468 e. The SMILES string of the molecule is O=S1(=O)CC[C@@H](N(Cc2ccco2)S(=O)(=O)/C=C/c2ccc(Cl)cc2)C1. The van der Waals surface area contributed by atoms with Crippen LogP contribution in [0.4, 0.5) is 0 Å². The minimum absolute atomic E-state index is 0.0112. The van der Waals surface area contributed by atoms with Gasteiger partial charge in [0.15, 0.2) is 9.84 Å². The molecule has 0 saturated carbocycles. The summed E-state index contributed by atoms with van der Waals surface area (Å²) in [6, 6.07) is 9.45. The molecule has 1 saturated heterocycles. The fourth-order valence-electron chi connectivity index (χ4n) is 2.80. The lowest BCUT2D eigenvalue weighted by Crippen LogP contribution is -2.39. The van der Waals surface area contributed by atoms with Crippen LogP contribution >= 0.6 is 11.6 Å². The molecule has 0 radical (unpaired) electrons. The molecule has 2 heterocycles. The fourth-order valence-corrected chi connectivity index (χ4v) is 6.14. The summed E-state index contributed by atoms with van der Waals surface area (Å²) in [6.07, 6.45) is 3.19. The number of hydrogen-bond donors (Lipinski definition) is 0. The third-order valence-corrected chi connectivity index (χ3v) is 7.70. The van der Waals surface area contributed by atoms with Crippen LogP contribution in [0.1, 0.15) is 17.7 Å². The molecule has 6 nitrogen and oxygen atoms in total. The molecule has 1 aliphatic rings. The molecule has 1 aromatic heterocycles. The Bertz CT molecular complexity index is 980. The molecule has 0 spiro atoms. The zero-order chi connectivity index (χ0) is 18.8. The topological polar surface area (TPSA) is 84.7 Å². The first-order valence-corrected chi connectivity index (χ1v) is 11.6. The van der Waals surface area contributed by atoms with Crippen molar-refractivity contribution in [3.05, 3.63) is 64.4 Å². The summed E-state index contributed by atoms with van der Waals surface area (Å²) in [5, 5.41) is 1.64. The van der Waals surface area contributed by atoms with Gasteiger partial charge in [0, 0.05) is 16.5 Å². The molecule has 140 valence electrons. The lowest BCUT2D eigenvalue weighted by molar-refractivity contribution is 0.310. The van der Waals surface area contributed by atoms with Gasteiger partial charge in [-0.05, 0) is 42.3 Å². The Morgan fingerprint density at radius 2 is 1.96 bits per heavy atom. The molecule has 0 unspecified atom stereocenters. The van der Waals surface area contributed by atoms with Crippen LogP contribution in [0.15, 0.2) is 52.5 Å². The molecule has 1 aromatic carbocycles. The molecule has 1 fully saturated rings. The zero-order valence-corrected chi connectivity index (χ0v) is 16.2. The first kappa shape index (κ1) is 19.2. The Kier molecular flexibility index (Phi) is 5.57. The van der Waals surface area contributed by atoms with Crippen LogP contribution in [-0.4, -0.2) is 38.7 Å². The van der Waals surface area contributed by atoms with E-state index < -0.39 is 25.9 Å². The summed E-state index contributed by atoms with van der Waals surface area (Å²) in [4.78, 5) is 0. The minimum atomic E-state index is -3.85. The number of sulfone groups is 1. The first-order valence-electron chi connectivity index (χ1n) is 7.93. The molecule has 1 atom stereocenters. The maximum atomic E-state index is 12.9. The first-order chi connectivity index (χ1) is 12.3. The van der Waals surface area contributed by atoms with Gasteiger partial charge in [0.1, 0.15) is 5.76 Å². The summed E-state index contributed by atoms with van der Waals surface area (Å²) < 4.78 is 55.8. The van der Waals surface area contributed by atoms with Gasteiger partial charge >= 0.3 is 0 Å². The molecule has 9 heteroatoms. The second kappa shape index (κ2) is 7.56. The predicted octanol–water partition coefficient (Wildman–Crippen LogP) is 2.92. The van der Waals surface area contributed by atoms with E-state index in [-0.39, 0.29) is 24.5 Å². The van der Waals surface area contributed by atoms with Crippen LogP contribution in [0.5, 0.6) is 0 Å². The Balaban J connectivity index is 1.87. The van der Waals surface area contributed by atoms with Gasteiger partial charge in [0.05, 0.1) is 24.3 Å². The van der Waals surface area contributed by atoms with Crippen molar-refractivity contribution in [1.29, 1.82) is 0 Å². The van der Waals surface area contributed by atoms with E-state index in [0.29, 0.717) is 16.3 Å². The fraction of sp³-hybridized carbons (Fsp3) is 0.294. The molecule has 0 amide bonds. The van der Waals surface area contributed by atoms with E-state index in [1.807, 2.05) is 0 Å². The predicted molar refractivity (Wildman–Crippen MR) is 101 cm³/mol. The molecule has 0 bridgehead atoms. The maximum absolute atomic E-state index is 12.9. The van der Waals surface area contributed by atoms with Crippen LogP contribution in [0, 0.1) is 0 Å². The molecule has 0 aliphatic carbocycles. The van der Waals surface area contributed by atoms with E-state index in [1.54, 1.807) is 36.4 Å². The van der Waals surface area contributed by atoms with Gasteiger partial charge in [0.2, 0.25) is 10.0 Å². The summed E-state index contributed by atoms with van der Waals surface area (Å²) in [6.45, 7) is -0.0134. The Morgan fingerprint density at radius 3 is 2.54 bits per heavy atom. The normalized spacial score (nSPS) is 20.2. The Morgan fingerprint density at radius 1 is 1.23 bits per heavy atom. The monoisotopic (exact) mass is 415 g/mol. The van der Waals surface area contributed by atoms with Gasteiger partial charge in [-0.25, -0.2) is 16.8 Å². The van der Waals surface area contributed by atoms with Crippen molar-refractivity contribution >= 4 is 37.5 Å². The molecule has 3 rings (SSSR count). The van der Waals surface area contributed by atoms with E-state index in [4.69, 9.17) is 16.0 Å². The maximum Gasteiger partial charge on any atom is 0.236 e. The lowest BCUT2D eigenvalue weighted by Gasteiger charge is -2.24. The highest BCUT2D eigenvalue weighted by atomic mass is 35.5. The molecular weight excluding hydrogens is 398 g/mol. The number of rotatable bonds is 6. The van der Waals surface area contributed by atoms with Gasteiger partial charge in [-0.15, -0.1) is 0 Å². The molecule has 26 heavy (non-hydrogen) atoms. The average molecular weight is 416 g/mol. The van der Waals surface area contributed by atoms with Crippen molar-refractivity contribution < 1.29 is 21.3 Å². The molecular formula is C17H18ClNO5S2. The van der Waals surface area contributed by atoms with Crippen molar-refractivity contribution in [1.82, 2.24) is 4.31 Å². The van der Waals surface area contributed by atoms with Crippen LogP contribution in [0.2, 0.25) is 5.02 Å². The van der Waals surface area contributed by atoms with E-state index in [0.717, 1.165) is 5.41 Å². The highest BCUT2D eigenvalue weighted by molar-refractivity contribution is 7.93. The number of furan rings is 1.